The maximum Gasteiger partial charge on any atom is 0.243 e. The third-order valence-electron chi connectivity index (χ3n) is 4.82. The number of hydrogen-bond acceptors (Lipinski definition) is 4. The average molecular weight is 374 g/mol. The molecule has 1 saturated heterocycles. The fourth-order valence-electron chi connectivity index (χ4n) is 3.22. The first-order chi connectivity index (χ1) is 12.5. The van der Waals surface area contributed by atoms with E-state index in [2.05, 4.69) is 16.8 Å². The second kappa shape index (κ2) is 8.18. The Morgan fingerprint density at radius 3 is 2.31 bits per heavy atom. The Hall–Kier alpha value is -1.92. The van der Waals surface area contributed by atoms with Crippen LogP contribution in [0.25, 0.3) is 0 Å². The van der Waals surface area contributed by atoms with Crippen molar-refractivity contribution in [1.82, 2.24) is 9.29 Å². The minimum Gasteiger partial charge on any atom is -0.354 e. The van der Waals surface area contributed by atoms with Crippen molar-refractivity contribution in [2.45, 2.75) is 38.0 Å². The molecule has 3 rings (SSSR count). The van der Waals surface area contributed by atoms with Crippen molar-refractivity contribution in [1.29, 1.82) is 0 Å². The van der Waals surface area contributed by atoms with Gasteiger partial charge in [-0.2, -0.15) is 4.31 Å². The molecular formula is C20H27N3O2S. The van der Waals surface area contributed by atoms with Crippen LogP contribution in [0.5, 0.6) is 0 Å². The zero-order chi connectivity index (χ0) is 18.6. The number of unbranched alkanes of at least 4 members (excludes halogenated alkanes) is 1. The molecule has 1 aliphatic heterocycles. The van der Waals surface area contributed by atoms with Crippen LogP contribution in [0, 0.1) is 6.92 Å². The van der Waals surface area contributed by atoms with E-state index in [0.29, 0.717) is 31.1 Å². The summed E-state index contributed by atoms with van der Waals surface area (Å²) in [5.74, 6) is 0.919. The third-order valence-corrected chi connectivity index (χ3v) is 6.73. The number of sulfonamides is 1. The van der Waals surface area contributed by atoms with E-state index in [9.17, 15) is 8.42 Å². The summed E-state index contributed by atoms with van der Waals surface area (Å²) < 4.78 is 27.4. The Morgan fingerprint density at radius 2 is 1.69 bits per heavy atom. The van der Waals surface area contributed by atoms with Crippen LogP contribution in [-0.2, 0) is 16.4 Å². The molecule has 5 nitrogen and oxygen atoms in total. The fraction of sp³-hybridized carbons (Fsp3) is 0.450. The Balaban J connectivity index is 1.66. The number of nitrogens with zero attached hydrogens (tertiary/aromatic N) is 3. The standard InChI is InChI=1S/C20H27N3O2S/c1-3-4-7-18-9-11-19(12-10-18)26(24,25)23-15-13-22(14-16-23)20-8-5-6-17(2)21-20/h5-6,8-12H,3-4,7,13-16H2,1-2H3. The maximum atomic E-state index is 12.9. The van der Waals surface area contributed by atoms with Crippen LogP contribution < -0.4 is 4.90 Å². The van der Waals surface area contributed by atoms with Gasteiger partial charge in [0.15, 0.2) is 0 Å². The number of rotatable bonds is 6. The van der Waals surface area contributed by atoms with Gasteiger partial charge in [0.25, 0.3) is 0 Å². The van der Waals surface area contributed by atoms with Crippen molar-refractivity contribution in [3.63, 3.8) is 0 Å². The Kier molecular flexibility index (Phi) is 5.94. The first-order valence-electron chi connectivity index (χ1n) is 9.28. The molecule has 2 aromatic rings. The van der Waals surface area contributed by atoms with E-state index in [1.54, 1.807) is 16.4 Å². The smallest absolute Gasteiger partial charge is 0.243 e. The van der Waals surface area contributed by atoms with Crippen molar-refractivity contribution in [3.8, 4) is 0 Å². The van der Waals surface area contributed by atoms with E-state index >= 15 is 0 Å². The molecule has 2 heterocycles. The van der Waals surface area contributed by atoms with Gasteiger partial charge in [-0.1, -0.05) is 31.5 Å². The number of hydrogen-bond donors (Lipinski definition) is 0. The van der Waals surface area contributed by atoms with Crippen LogP contribution in [0.3, 0.4) is 0 Å². The van der Waals surface area contributed by atoms with Gasteiger partial charge in [0, 0.05) is 31.9 Å². The third kappa shape index (κ3) is 4.24. The molecule has 0 N–H and O–H groups in total. The number of piperazine rings is 1. The molecule has 0 radical (unpaired) electrons. The molecule has 0 aliphatic carbocycles. The zero-order valence-corrected chi connectivity index (χ0v) is 16.4. The molecule has 1 fully saturated rings. The molecule has 0 saturated carbocycles. The van der Waals surface area contributed by atoms with Gasteiger partial charge in [-0.15, -0.1) is 0 Å². The van der Waals surface area contributed by atoms with Gasteiger partial charge < -0.3 is 4.90 Å². The summed E-state index contributed by atoms with van der Waals surface area (Å²) in [4.78, 5) is 7.07. The predicted octanol–water partition coefficient (Wildman–Crippen LogP) is 3.24. The average Bonchev–Trinajstić information content (AvgIpc) is 2.67. The highest BCUT2D eigenvalue weighted by Gasteiger charge is 2.28. The minimum absolute atomic E-state index is 0.389. The summed E-state index contributed by atoms with van der Waals surface area (Å²) in [5, 5.41) is 0. The molecule has 140 valence electrons. The lowest BCUT2D eigenvalue weighted by molar-refractivity contribution is 0.384. The molecule has 0 amide bonds. The molecule has 0 unspecified atom stereocenters. The summed E-state index contributed by atoms with van der Waals surface area (Å²) in [6.07, 6.45) is 3.26. The van der Waals surface area contributed by atoms with Crippen LogP contribution in [-0.4, -0.2) is 43.9 Å². The summed E-state index contributed by atoms with van der Waals surface area (Å²) in [5.41, 5.74) is 2.17. The number of pyridine rings is 1. The van der Waals surface area contributed by atoms with E-state index < -0.39 is 10.0 Å². The van der Waals surface area contributed by atoms with Crippen molar-refractivity contribution >= 4 is 15.8 Å². The number of anilines is 1. The van der Waals surface area contributed by atoms with Gasteiger partial charge in [-0.3, -0.25) is 0 Å². The number of aryl methyl sites for hydroxylation is 2. The first kappa shape index (κ1) is 18.9. The van der Waals surface area contributed by atoms with E-state index in [4.69, 9.17) is 0 Å². The maximum absolute atomic E-state index is 12.9. The summed E-state index contributed by atoms with van der Waals surface area (Å²) in [6, 6.07) is 13.3. The quantitative estimate of drug-likeness (QED) is 0.780. The van der Waals surface area contributed by atoms with Crippen molar-refractivity contribution in [2.75, 3.05) is 31.1 Å². The van der Waals surface area contributed by atoms with Crippen LogP contribution >= 0.6 is 0 Å². The van der Waals surface area contributed by atoms with Gasteiger partial charge in [-0.25, -0.2) is 13.4 Å². The zero-order valence-electron chi connectivity index (χ0n) is 15.6. The van der Waals surface area contributed by atoms with Crippen LogP contribution in [0.2, 0.25) is 0 Å². The van der Waals surface area contributed by atoms with Crippen LogP contribution in [0.4, 0.5) is 5.82 Å². The minimum atomic E-state index is -3.43. The van der Waals surface area contributed by atoms with Gasteiger partial charge in [0.2, 0.25) is 10.0 Å². The highest BCUT2D eigenvalue weighted by Crippen LogP contribution is 2.21. The molecule has 6 heteroatoms. The summed E-state index contributed by atoms with van der Waals surface area (Å²) in [6.45, 7) is 6.40. The normalized spacial score (nSPS) is 16.0. The lowest BCUT2D eigenvalue weighted by Gasteiger charge is -2.34. The fourth-order valence-corrected chi connectivity index (χ4v) is 4.64. The summed E-state index contributed by atoms with van der Waals surface area (Å²) >= 11 is 0. The molecule has 1 aromatic heterocycles. The second-order valence-corrected chi connectivity index (χ2v) is 8.71. The van der Waals surface area contributed by atoms with Crippen molar-refractivity contribution in [3.05, 3.63) is 53.7 Å². The van der Waals surface area contributed by atoms with Crippen molar-refractivity contribution < 1.29 is 8.42 Å². The number of benzene rings is 1. The highest BCUT2D eigenvalue weighted by atomic mass is 32.2. The van der Waals surface area contributed by atoms with Crippen LogP contribution in [0.15, 0.2) is 47.4 Å². The SMILES string of the molecule is CCCCc1ccc(S(=O)(=O)N2CCN(c3cccc(C)n3)CC2)cc1. The van der Waals surface area contributed by atoms with Crippen LogP contribution in [0.1, 0.15) is 31.0 Å². The van der Waals surface area contributed by atoms with Gasteiger partial charge in [-0.05, 0) is 49.6 Å². The molecule has 0 spiro atoms. The lowest BCUT2D eigenvalue weighted by atomic mass is 10.1. The van der Waals surface area contributed by atoms with Gasteiger partial charge >= 0.3 is 0 Å². The van der Waals surface area contributed by atoms with E-state index in [-0.39, 0.29) is 0 Å². The van der Waals surface area contributed by atoms with E-state index in [1.165, 1.54) is 5.56 Å². The Labute approximate surface area is 156 Å². The monoisotopic (exact) mass is 373 g/mol. The summed E-state index contributed by atoms with van der Waals surface area (Å²) in [7, 11) is -3.43. The van der Waals surface area contributed by atoms with Gasteiger partial charge in [0.05, 0.1) is 4.90 Å². The Morgan fingerprint density at radius 1 is 1.00 bits per heavy atom. The highest BCUT2D eigenvalue weighted by molar-refractivity contribution is 7.89. The second-order valence-electron chi connectivity index (χ2n) is 6.78. The number of aromatic nitrogens is 1. The first-order valence-corrected chi connectivity index (χ1v) is 10.7. The van der Waals surface area contributed by atoms with Gasteiger partial charge in [0.1, 0.15) is 5.82 Å². The molecule has 0 atom stereocenters. The molecule has 26 heavy (non-hydrogen) atoms. The largest absolute Gasteiger partial charge is 0.354 e. The molecule has 1 aromatic carbocycles. The lowest BCUT2D eigenvalue weighted by Crippen LogP contribution is -2.48. The van der Waals surface area contributed by atoms with E-state index in [1.807, 2.05) is 37.3 Å². The predicted molar refractivity (Wildman–Crippen MR) is 105 cm³/mol. The molecule has 1 aliphatic rings. The van der Waals surface area contributed by atoms with E-state index in [0.717, 1.165) is 30.8 Å². The topological polar surface area (TPSA) is 53.5 Å². The molecular weight excluding hydrogens is 346 g/mol. The molecule has 0 bridgehead atoms. The Bertz CT molecular complexity index is 826. The van der Waals surface area contributed by atoms with Crippen molar-refractivity contribution in [2.24, 2.45) is 0 Å².